The molecule has 0 aromatic carbocycles. The molecular formula is C11H15BrN4O2. The van der Waals surface area contributed by atoms with Crippen LogP contribution in [0.1, 0.15) is 13.8 Å². The van der Waals surface area contributed by atoms with Crippen molar-refractivity contribution in [1.29, 1.82) is 0 Å². The number of carboxylic acid groups (broad SMARTS) is 1. The molecule has 2 heterocycles. The zero-order chi connectivity index (χ0) is 13.3. The Hall–Kier alpha value is -1.37. The normalized spacial score (nSPS) is 24.2. The van der Waals surface area contributed by atoms with Crippen LogP contribution in [0, 0.1) is 0 Å². The summed E-state index contributed by atoms with van der Waals surface area (Å²) in [5, 5.41) is 9.14. The minimum Gasteiger partial charge on any atom is -0.465 e. The monoisotopic (exact) mass is 314 g/mol. The molecule has 6 nitrogen and oxygen atoms in total. The van der Waals surface area contributed by atoms with E-state index in [4.69, 9.17) is 5.11 Å². The highest BCUT2D eigenvalue weighted by Gasteiger charge is 2.33. The van der Waals surface area contributed by atoms with Crippen LogP contribution in [0.4, 0.5) is 10.7 Å². The lowest BCUT2D eigenvalue weighted by atomic mass is 10.1. The molecule has 1 aliphatic rings. The van der Waals surface area contributed by atoms with E-state index >= 15 is 0 Å². The minimum atomic E-state index is -0.869. The van der Waals surface area contributed by atoms with Crippen LogP contribution < -0.4 is 4.90 Å². The molecule has 1 aromatic heterocycles. The number of amides is 1. The van der Waals surface area contributed by atoms with Crippen molar-refractivity contribution in [3.63, 3.8) is 0 Å². The third-order valence-electron chi connectivity index (χ3n) is 3.03. The summed E-state index contributed by atoms with van der Waals surface area (Å²) in [6, 6.07) is -0.142. The first kappa shape index (κ1) is 13.1. The van der Waals surface area contributed by atoms with Gasteiger partial charge < -0.3 is 10.0 Å². The number of hydrogen-bond acceptors (Lipinski definition) is 4. The van der Waals surface area contributed by atoms with Crippen LogP contribution in [-0.4, -0.2) is 51.2 Å². The quantitative estimate of drug-likeness (QED) is 0.856. The first-order valence-corrected chi connectivity index (χ1v) is 6.52. The summed E-state index contributed by atoms with van der Waals surface area (Å²) in [4.78, 5) is 23.1. The van der Waals surface area contributed by atoms with Gasteiger partial charge in [-0.05, 0) is 29.8 Å². The van der Waals surface area contributed by atoms with Crippen molar-refractivity contribution in [2.24, 2.45) is 0 Å². The maximum absolute atomic E-state index is 11.1. The molecule has 1 aliphatic heterocycles. The second-order valence-corrected chi connectivity index (χ2v) is 5.41. The lowest BCUT2D eigenvalue weighted by Crippen LogP contribution is -2.58. The molecule has 1 amide bonds. The number of piperazine rings is 1. The molecule has 1 fully saturated rings. The van der Waals surface area contributed by atoms with E-state index in [-0.39, 0.29) is 12.1 Å². The zero-order valence-corrected chi connectivity index (χ0v) is 11.8. The van der Waals surface area contributed by atoms with Gasteiger partial charge in [-0.15, -0.1) is 0 Å². The SMILES string of the molecule is C[C@@H]1CN(c2ncc(Br)cn2)C[C@H](C)N1C(=O)O. The van der Waals surface area contributed by atoms with Gasteiger partial charge >= 0.3 is 6.09 Å². The van der Waals surface area contributed by atoms with Crippen molar-refractivity contribution in [1.82, 2.24) is 14.9 Å². The second kappa shape index (κ2) is 5.09. The maximum atomic E-state index is 11.1. The Kier molecular flexibility index (Phi) is 3.70. The molecule has 0 radical (unpaired) electrons. The molecule has 0 spiro atoms. The van der Waals surface area contributed by atoms with E-state index < -0.39 is 6.09 Å². The number of carbonyl (C=O) groups is 1. The Labute approximate surface area is 114 Å². The van der Waals surface area contributed by atoms with Crippen molar-refractivity contribution >= 4 is 28.0 Å². The van der Waals surface area contributed by atoms with Gasteiger partial charge in [0.25, 0.3) is 0 Å². The first-order valence-electron chi connectivity index (χ1n) is 5.72. The van der Waals surface area contributed by atoms with Gasteiger partial charge in [0.15, 0.2) is 0 Å². The third-order valence-corrected chi connectivity index (χ3v) is 3.44. The molecule has 98 valence electrons. The molecule has 0 aliphatic carbocycles. The Morgan fingerprint density at radius 2 is 1.83 bits per heavy atom. The summed E-state index contributed by atoms with van der Waals surface area (Å²) in [6.07, 6.45) is 2.52. The number of rotatable bonds is 1. The Bertz CT molecular complexity index is 427. The van der Waals surface area contributed by atoms with Gasteiger partial charge in [-0.3, -0.25) is 4.90 Å². The summed E-state index contributed by atoms with van der Waals surface area (Å²) in [7, 11) is 0. The van der Waals surface area contributed by atoms with Gasteiger partial charge in [-0.25, -0.2) is 14.8 Å². The predicted octanol–water partition coefficient (Wildman–Crippen LogP) is 1.82. The van der Waals surface area contributed by atoms with Gasteiger partial charge in [-0.2, -0.15) is 0 Å². The van der Waals surface area contributed by atoms with Crippen LogP contribution in [0.2, 0.25) is 0 Å². The van der Waals surface area contributed by atoms with Crippen molar-refractivity contribution in [2.45, 2.75) is 25.9 Å². The number of anilines is 1. The van der Waals surface area contributed by atoms with Crippen LogP contribution >= 0.6 is 15.9 Å². The highest BCUT2D eigenvalue weighted by molar-refractivity contribution is 9.10. The lowest BCUT2D eigenvalue weighted by molar-refractivity contribution is 0.0979. The first-order chi connectivity index (χ1) is 8.49. The van der Waals surface area contributed by atoms with Crippen molar-refractivity contribution in [3.05, 3.63) is 16.9 Å². The smallest absolute Gasteiger partial charge is 0.407 e. The van der Waals surface area contributed by atoms with E-state index in [2.05, 4.69) is 25.9 Å². The van der Waals surface area contributed by atoms with Crippen molar-refractivity contribution < 1.29 is 9.90 Å². The number of aromatic nitrogens is 2. The van der Waals surface area contributed by atoms with Crippen molar-refractivity contribution in [3.8, 4) is 0 Å². The van der Waals surface area contributed by atoms with Crippen LogP contribution in [0.25, 0.3) is 0 Å². The molecule has 1 N–H and O–H groups in total. The Morgan fingerprint density at radius 1 is 1.33 bits per heavy atom. The zero-order valence-electron chi connectivity index (χ0n) is 10.2. The standard InChI is InChI=1S/C11H15BrN4O2/c1-7-5-15(6-8(2)16(7)11(17)18)10-13-3-9(12)4-14-10/h3-4,7-8H,5-6H2,1-2H3,(H,17,18)/t7-,8+. The van der Waals surface area contributed by atoms with Crippen LogP contribution in [-0.2, 0) is 0 Å². The summed E-state index contributed by atoms with van der Waals surface area (Å²) in [5.41, 5.74) is 0. The second-order valence-electron chi connectivity index (χ2n) is 4.49. The molecule has 18 heavy (non-hydrogen) atoms. The summed E-state index contributed by atoms with van der Waals surface area (Å²) in [5.74, 6) is 0.641. The van der Waals surface area contributed by atoms with E-state index in [1.807, 2.05) is 18.7 Å². The van der Waals surface area contributed by atoms with E-state index in [9.17, 15) is 4.79 Å². The maximum Gasteiger partial charge on any atom is 0.407 e. The number of hydrogen-bond donors (Lipinski definition) is 1. The fourth-order valence-electron chi connectivity index (χ4n) is 2.33. The van der Waals surface area contributed by atoms with Gasteiger partial charge in [0, 0.05) is 25.5 Å². The van der Waals surface area contributed by atoms with Gasteiger partial charge in [-0.1, -0.05) is 0 Å². The topological polar surface area (TPSA) is 69.6 Å². The van der Waals surface area contributed by atoms with Gasteiger partial charge in [0.05, 0.1) is 16.6 Å². The van der Waals surface area contributed by atoms with Gasteiger partial charge in [0.2, 0.25) is 5.95 Å². The molecule has 0 unspecified atom stereocenters. The molecular weight excluding hydrogens is 300 g/mol. The lowest BCUT2D eigenvalue weighted by Gasteiger charge is -2.42. The number of nitrogens with zero attached hydrogens (tertiary/aromatic N) is 4. The van der Waals surface area contributed by atoms with E-state index in [0.29, 0.717) is 19.0 Å². The predicted molar refractivity (Wildman–Crippen MR) is 70.7 cm³/mol. The average molecular weight is 315 g/mol. The molecule has 7 heteroatoms. The highest BCUT2D eigenvalue weighted by Crippen LogP contribution is 2.20. The van der Waals surface area contributed by atoms with Crippen LogP contribution in [0.5, 0.6) is 0 Å². The Morgan fingerprint density at radius 3 is 2.28 bits per heavy atom. The fourth-order valence-corrected chi connectivity index (χ4v) is 2.54. The molecule has 1 saturated heterocycles. The molecule has 1 aromatic rings. The molecule has 2 atom stereocenters. The highest BCUT2D eigenvalue weighted by atomic mass is 79.9. The summed E-state index contributed by atoms with van der Waals surface area (Å²) < 4.78 is 0.830. The van der Waals surface area contributed by atoms with E-state index in [1.54, 1.807) is 12.4 Å². The van der Waals surface area contributed by atoms with Gasteiger partial charge in [0.1, 0.15) is 0 Å². The minimum absolute atomic E-state index is 0.0708. The summed E-state index contributed by atoms with van der Waals surface area (Å²) >= 11 is 3.29. The average Bonchev–Trinajstić information content (AvgIpc) is 2.28. The largest absolute Gasteiger partial charge is 0.465 e. The van der Waals surface area contributed by atoms with Crippen LogP contribution in [0.3, 0.4) is 0 Å². The fraction of sp³-hybridized carbons (Fsp3) is 0.545. The molecule has 2 rings (SSSR count). The van der Waals surface area contributed by atoms with Crippen molar-refractivity contribution in [2.75, 3.05) is 18.0 Å². The number of halogens is 1. The van der Waals surface area contributed by atoms with Crippen LogP contribution in [0.15, 0.2) is 16.9 Å². The van der Waals surface area contributed by atoms with E-state index in [0.717, 1.165) is 4.47 Å². The third kappa shape index (κ3) is 2.55. The molecule has 0 saturated carbocycles. The molecule has 0 bridgehead atoms. The van der Waals surface area contributed by atoms with E-state index in [1.165, 1.54) is 4.90 Å². The summed E-state index contributed by atoms with van der Waals surface area (Å²) in [6.45, 7) is 5.02. The Balaban J connectivity index is 2.15.